The first-order chi connectivity index (χ1) is 8.22. The van der Waals surface area contributed by atoms with Gasteiger partial charge in [0.05, 0.1) is 19.3 Å². The van der Waals surface area contributed by atoms with Gasteiger partial charge in [0.15, 0.2) is 0 Å². The lowest BCUT2D eigenvalue weighted by molar-refractivity contribution is -0.0130. The number of aliphatic hydroxyl groups excluding tert-OH is 1. The first kappa shape index (κ1) is 13.3. The average molecular weight is 242 g/mol. The van der Waals surface area contributed by atoms with E-state index < -0.39 is 0 Å². The summed E-state index contributed by atoms with van der Waals surface area (Å²) in [6.45, 7) is 8.86. The van der Waals surface area contributed by atoms with Gasteiger partial charge in [-0.25, -0.2) is 0 Å². The molecule has 0 radical (unpaired) electrons. The highest BCUT2D eigenvalue weighted by atomic mass is 16.5. The normalized spacial score (nSPS) is 32.1. The van der Waals surface area contributed by atoms with Gasteiger partial charge in [-0.3, -0.25) is 0 Å². The SMILES string of the molecule is CC1(CN2CCC(OCCO)CC2)CCNC1. The molecular formula is C13H26N2O2. The van der Waals surface area contributed by atoms with Crippen LogP contribution in [0.1, 0.15) is 26.2 Å². The summed E-state index contributed by atoms with van der Waals surface area (Å²) in [6.07, 6.45) is 3.90. The predicted octanol–water partition coefficient (Wildman–Crippen LogP) is 0.459. The molecule has 17 heavy (non-hydrogen) atoms. The van der Waals surface area contributed by atoms with Gasteiger partial charge in [-0.1, -0.05) is 6.92 Å². The molecule has 1 unspecified atom stereocenters. The van der Waals surface area contributed by atoms with Crippen molar-refractivity contribution >= 4 is 0 Å². The van der Waals surface area contributed by atoms with Crippen molar-refractivity contribution in [3.8, 4) is 0 Å². The second kappa shape index (κ2) is 6.14. The number of piperidine rings is 1. The standard InChI is InChI=1S/C13H26N2O2/c1-13(4-5-14-10-13)11-15-6-2-12(3-7-15)17-9-8-16/h12,14,16H,2-11H2,1H3. The van der Waals surface area contributed by atoms with E-state index in [0.717, 1.165) is 32.5 Å². The van der Waals surface area contributed by atoms with Gasteiger partial charge in [-0.15, -0.1) is 0 Å². The molecule has 0 bridgehead atoms. The molecule has 2 saturated heterocycles. The first-order valence-electron chi connectivity index (χ1n) is 6.87. The van der Waals surface area contributed by atoms with Crippen molar-refractivity contribution < 1.29 is 9.84 Å². The van der Waals surface area contributed by atoms with Gasteiger partial charge in [0, 0.05) is 26.2 Å². The molecule has 0 spiro atoms. The zero-order valence-corrected chi connectivity index (χ0v) is 11.0. The number of nitrogens with zero attached hydrogens (tertiary/aromatic N) is 1. The fourth-order valence-electron chi connectivity index (χ4n) is 3.00. The summed E-state index contributed by atoms with van der Waals surface area (Å²) in [4.78, 5) is 2.58. The molecule has 0 aromatic carbocycles. The van der Waals surface area contributed by atoms with Crippen LogP contribution >= 0.6 is 0 Å². The van der Waals surface area contributed by atoms with Crippen molar-refractivity contribution in [3.05, 3.63) is 0 Å². The van der Waals surface area contributed by atoms with Gasteiger partial charge in [0.2, 0.25) is 0 Å². The van der Waals surface area contributed by atoms with Crippen LogP contribution in [-0.2, 0) is 4.74 Å². The molecule has 2 aliphatic heterocycles. The molecule has 2 rings (SSSR count). The molecule has 0 aromatic rings. The molecule has 2 heterocycles. The van der Waals surface area contributed by atoms with Crippen molar-refractivity contribution in [2.45, 2.75) is 32.3 Å². The Hall–Kier alpha value is -0.160. The van der Waals surface area contributed by atoms with Crippen molar-refractivity contribution in [2.75, 3.05) is 45.9 Å². The minimum atomic E-state index is 0.143. The number of likely N-dealkylation sites (tertiary alicyclic amines) is 1. The van der Waals surface area contributed by atoms with E-state index in [1.807, 2.05) is 0 Å². The van der Waals surface area contributed by atoms with Gasteiger partial charge in [-0.05, 0) is 31.2 Å². The van der Waals surface area contributed by atoms with Crippen LogP contribution in [0.3, 0.4) is 0 Å². The molecule has 4 heteroatoms. The molecular weight excluding hydrogens is 216 g/mol. The van der Waals surface area contributed by atoms with Crippen LogP contribution in [0, 0.1) is 5.41 Å². The van der Waals surface area contributed by atoms with E-state index in [1.54, 1.807) is 0 Å². The molecule has 2 fully saturated rings. The zero-order chi connectivity index (χ0) is 12.1. The maximum absolute atomic E-state index is 8.73. The summed E-state index contributed by atoms with van der Waals surface area (Å²) in [5.41, 5.74) is 0.471. The van der Waals surface area contributed by atoms with Crippen LogP contribution in [0.4, 0.5) is 0 Å². The van der Waals surface area contributed by atoms with Crippen molar-refractivity contribution in [1.29, 1.82) is 0 Å². The maximum Gasteiger partial charge on any atom is 0.0701 e. The number of ether oxygens (including phenoxy) is 1. The smallest absolute Gasteiger partial charge is 0.0701 e. The average Bonchev–Trinajstić information content (AvgIpc) is 2.75. The quantitative estimate of drug-likeness (QED) is 0.735. The Morgan fingerprint density at radius 2 is 2.18 bits per heavy atom. The van der Waals surface area contributed by atoms with E-state index in [4.69, 9.17) is 9.84 Å². The Balaban J connectivity index is 1.68. The summed E-state index contributed by atoms with van der Waals surface area (Å²) >= 11 is 0. The van der Waals surface area contributed by atoms with E-state index in [-0.39, 0.29) is 6.61 Å². The molecule has 4 nitrogen and oxygen atoms in total. The summed E-state index contributed by atoms with van der Waals surface area (Å²) < 4.78 is 5.59. The highest BCUT2D eigenvalue weighted by molar-refractivity contribution is 4.88. The monoisotopic (exact) mass is 242 g/mol. The minimum absolute atomic E-state index is 0.143. The fraction of sp³-hybridized carbons (Fsp3) is 1.00. The molecule has 1 atom stereocenters. The Labute approximate surface area is 104 Å². The third-order valence-corrected chi connectivity index (χ3v) is 4.04. The Morgan fingerprint density at radius 3 is 2.76 bits per heavy atom. The van der Waals surface area contributed by atoms with E-state index in [1.165, 1.54) is 19.5 Å². The highest BCUT2D eigenvalue weighted by Crippen LogP contribution is 2.27. The molecule has 0 aromatic heterocycles. The van der Waals surface area contributed by atoms with Gasteiger partial charge in [0.25, 0.3) is 0 Å². The van der Waals surface area contributed by atoms with Gasteiger partial charge >= 0.3 is 0 Å². The summed E-state index contributed by atoms with van der Waals surface area (Å²) in [7, 11) is 0. The zero-order valence-electron chi connectivity index (χ0n) is 11.0. The first-order valence-corrected chi connectivity index (χ1v) is 6.87. The lowest BCUT2D eigenvalue weighted by atomic mass is 9.88. The lowest BCUT2D eigenvalue weighted by Gasteiger charge is -2.36. The van der Waals surface area contributed by atoms with Gasteiger partial charge in [0.1, 0.15) is 0 Å². The molecule has 0 amide bonds. The lowest BCUT2D eigenvalue weighted by Crippen LogP contribution is -2.43. The molecule has 0 aliphatic carbocycles. The number of rotatable bonds is 5. The van der Waals surface area contributed by atoms with E-state index in [9.17, 15) is 0 Å². The topological polar surface area (TPSA) is 44.7 Å². The van der Waals surface area contributed by atoms with Crippen LogP contribution in [0.2, 0.25) is 0 Å². The Morgan fingerprint density at radius 1 is 1.41 bits per heavy atom. The van der Waals surface area contributed by atoms with Crippen LogP contribution in [-0.4, -0.2) is 62.0 Å². The predicted molar refractivity (Wildman–Crippen MR) is 68.1 cm³/mol. The molecule has 2 N–H and O–H groups in total. The second-order valence-electron chi connectivity index (χ2n) is 5.81. The number of nitrogens with one attached hydrogen (secondary N) is 1. The van der Waals surface area contributed by atoms with Crippen molar-refractivity contribution in [3.63, 3.8) is 0 Å². The van der Waals surface area contributed by atoms with E-state index in [0.29, 0.717) is 18.1 Å². The van der Waals surface area contributed by atoms with Crippen molar-refractivity contribution in [2.24, 2.45) is 5.41 Å². The highest BCUT2D eigenvalue weighted by Gasteiger charge is 2.32. The molecule has 100 valence electrons. The van der Waals surface area contributed by atoms with Crippen molar-refractivity contribution in [1.82, 2.24) is 10.2 Å². The summed E-state index contributed by atoms with van der Waals surface area (Å²) in [5.74, 6) is 0. The minimum Gasteiger partial charge on any atom is -0.394 e. The molecule has 0 saturated carbocycles. The van der Waals surface area contributed by atoms with Crippen LogP contribution in [0.25, 0.3) is 0 Å². The van der Waals surface area contributed by atoms with Gasteiger partial charge < -0.3 is 20.1 Å². The maximum atomic E-state index is 8.73. The summed E-state index contributed by atoms with van der Waals surface area (Å²) in [5, 5.41) is 12.2. The number of hydrogen-bond donors (Lipinski definition) is 2. The number of hydrogen-bond acceptors (Lipinski definition) is 4. The van der Waals surface area contributed by atoms with Gasteiger partial charge in [-0.2, -0.15) is 0 Å². The third kappa shape index (κ3) is 3.91. The van der Waals surface area contributed by atoms with E-state index >= 15 is 0 Å². The van der Waals surface area contributed by atoms with E-state index in [2.05, 4.69) is 17.1 Å². The van der Waals surface area contributed by atoms with Crippen LogP contribution < -0.4 is 5.32 Å². The second-order valence-corrected chi connectivity index (χ2v) is 5.81. The van der Waals surface area contributed by atoms with Crippen LogP contribution in [0.15, 0.2) is 0 Å². The fourth-order valence-corrected chi connectivity index (χ4v) is 3.00. The van der Waals surface area contributed by atoms with Crippen LogP contribution in [0.5, 0.6) is 0 Å². The summed E-state index contributed by atoms with van der Waals surface area (Å²) in [6, 6.07) is 0. The Kier molecular flexibility index (Phi) is 4.79. The Bertz CT molecular complexity index is 221. The molecule has 2 aliphatic rings. The third-order valence-electron chi connectivity index (χ3n) is 4.04. The largest absolute Gasteiger partial charge is 0.394 e. The number of aliphatic hydroxyl groups is 1.